The van der Waals surface area contributed by atoms with E-state index in [1.165, 1.54) is 126 Å². The quantitative estimate of drug-likeness (QED) is 0.0416. The van der Waals surface area contributed by atoms with Gasteiger partial charge in [0.05, 0.1) is 5.56 Å². The van der Waals surface area contributed by atoms with Gasteiger partial charge in [-0.3, -0.25) is 9.59 Å². The number of benzene rings is 3. The van der Waals surface area contributed by atoms with Gasteiger partial charge in [0.1, 0.15) is 12.4 Å². The Bertz CT molecular complexity index is 1790. The van der Waals surface area contributed by atoms with Gasteiger partial charge in [-0.25, -0.2) is 4.79 Å². The zero-order valence-electron chi connectivity index (χ0n) is 39.6. The molecule has 3 aromatic carbocycles. The summed E-state index contributed by atoms with van der Waals surface area (Å²) in [7, 11) is 0. The van der Waals surface area contributed by atoms with Crippen molar-refractivity contribution in [3.05, 3.63) is 113 Å². The molecule has 7 rings (SSSR count). The van der Waals surface area contributed by atoms with Crippen molar-refractivity contribution in [1.29, 1.82) is 0 Å². The largest absolute Gasteiger partial charge is 2.00 e. The summed E-state index contributed by atoms with van der Waals surface area (Å²) >= 11 is 0. The van der Waals surface area contributed by atoms with Crippen molar-refractivity contribution in [2.75, 3.05) is 6.61 Å². The average Bonchev–Trinajstić information content (AvgIpc) is 3.96. The topological polar surface area (TPSA) is 78.9 Å². The number of unbranched alkanes of at least 4 members (excludes halogenated alkanes) is 4. The predicted molar refractivity (Wildman–Crippen MR) is 254 cm³/mol. The molecule has 6 nitrogen and oxygen atoms in total. The van der Waals surface area contributed by atoms with Crippen LogP contribution in [0, 0.1) is 35.5 Å². The van der Waals surface area contributed by atoms with Crippen LogP contribution in [0.5, 0.6) is 5.75 Å². The first-order chi connectivity index (χ1) is 30.7. The SMILES string of the molecule is CCCCCC1CCC(c2ccc(C(=O)OC(COC(=O)C3CCC[C-]3C)c3ccccc3)cc2)CC1.CCCCCC1CCC(c2ccc(OC(=O)C3CCC[C-]3C)cc2)CC1.[Fe+2]. The Hall–Kier alpha value is -3.41. The summed E-state index contributed by atoms with van der Waals surface area (Å²) in [6, 6.07) is 25.8. The van der Waals surface area contributed by atoms with E-state index in [4.69, 9.17) is 14.2 Å². The van der Waals surface area contributed by atoms with Crippen molar-refractivity contribution in [3.8, 4) is 5.75 Å². The number of ether oxygens (including phenoxy) is 3. The molecule has 0 heterocycles. The first-order valence-electron chi connectivity index (χ1n) is 25.2. The predicted octanol–water partition coefficient (Wildman–Crippen LogP) is 15.2. The molecule has 64 heavy (non-hydrogen) atoms. The normalized spacial score (nSPS) is 24.1. The molecule has 0 N–H and O–H groups in total. The third kappa shape index (κ3) is 15.6. The number of carbonyl (C=O) groups excluding carboxylic acids is 3. The molecule has 0 saturated heterocycles. The number of hydrogen-bond donors (Lipinski definition) is 0. The first-order valence-corrected chi connectivity index (χ1v) is 25.2. The maximum Gasteiger partial charge on any atom is 2.00 e. The van der Waals surface area contributed by atoms with Gasteiger partial charge in [0.15, 0.2) is 6.10 Å². The molecule has 3 atom stereocenters. The summed E-state index contributed by atoms with van der Waals surface area (Å²) < 4.78 is 17.2. The molecule has 3 aromatic rings. The van der Waals surface area contributed by atoms with Crippen LogP contribution < -0.4 is 4.74 Å². The Morgan fingerprint density at radius 2 is 1.08 bits per heavy atom. The molecule has 0 aromatic heterocycles. The van der Waals surface area contributed by atoms with Gasteiger partial charge in [-0.2, -0.15) is 26.7 Å². The van der Waals surface area contributed by atoms with E-state index in [0.29, 0.717) is 23.1 Å². The zero-order valence-corrected chi connectivity index (χ0v) is 40.7. The summed E-state index contributed by atoms with van der Waals surface area (Å²) in [5.41, 5.74) is 4.09. The minimum atomic E-state index is -0.637. The first kappa shape index (κ1) is 51.6. The smallest absolute Gasteiger partial charge is 0.463 e. The van der Waals surface area contributed by atoms with Gasteiger partial charge in [-0.15, -0.1) is 0 Å². The van der Waals surface area contributed by atoms with E-state index in [1.807, 2.05) is 61.5 Å². The Morgan fingerprint density at radius 3 is 1.55 bits per heavy atom. The molecule has 350 valence electrons. The summed E-state index contributed by atoms with van der Waals surface area (Å²) in [5, 5.41) is 0. The summed E-state index contributed by atoms with van der Waals surface area (Å²) in [4.78, 5) is 38.0. The van der Waals surface area contributed by atoms with Gasteiger partial charge in [0.25, 0.3) is 11.9 Å². The maximum atomic E-state index is 13.1. The molecule has 7 heteroatoms. The fourth-order valence-electron chi connectivity index (χ4n) is 10.8. The van der Waals surface area contributed by atoms with Gasteiger partial charge >= 0.3 is 23.0 Å². The van der Waals surface area contributed by atoms with Crippen LogP contribution in [0.3, 0.4) is 0 Å². The molecule has 3 unspecified atom stereocenters. The van der Waals surface area contributed by atoms with E-state index in [0.717, 1.165) is 55.9 Å². The second kappa shape index (κ2) is 27.3. The number of esters is 3. The molecule has 4 fully saturated rings. The third-order valence-electron chi connectivity index (χ3n) is 15.0. The van der Waals surface area contributed by atoms with E-state index in [2.05, 4.69) is 45.0 Å². The van der Waals surface area contributed by atoms with Crippen LogP contribution >= 0.6 is 0 Å². The monoisotopic (exact) mass is 915 g/mol. The molecule has 4 saturated carbocycles. The van der Waals surface area contributed by atoms with Crippen molar-refractivity contribution >= 4 is 17.9 Å². The molecule has 0 aliphatic heterocycles. The molecular formula is C57H78FeO6. The zero-order chi connectivity index (χ0) is 44.4. The maximum absolute atomic E-state index is 13.1. The van der Waals surface area contributed by atoms with Gasteiger partial charge < -0.3 is 26.0 Å². The van der Waals surface area contributed by atoms with Gasteiger partial charge in [-0.05, 0) is 116 Å². The molecule has 0 spiro atoms. The van der Waals surface area contributed by atoms with Gasteiger partial charge in [0.2, 0.25) is 0 Å². The summed E-state index contributed by atoms with van der Waals surface area (Å²) in [6.45, 7) is 8.68. The van der Waals surface area contributed by atoms with Gasteiger partial charge in [0, 0.05) is 0 Å². The third-order valence-corrected chi connectivity index (χ3v) is 15.0. The van der Waals surface area contributed by atoms with Crippen LogP contribution in [-0.4, -0.2) is 24.5 Å². The van der Waals surface area contributed by atoms with Gasteiger partial charge in [-0.1, -0.05) is 157 Å². The van der Waals surface area contributed by atoms with Crippen molar-refractivity contribution in [3.63, 3.8) is 0 Å². The summed E-state index contributed by atoms with van der Waals surface area (Å²) in [6.07, 6.45) is 26.7. The Labute approximate surface area is 397 Å². The molecule has 4 aliphatic carbocycles. The van der Waals surface area contributed by atoms with Crippen molar-refractivity contribution < 1.29 is 45.7 Å². The molecular weight excluding hydrogens is 836 g/mol. The van der Waals surface area contributed by atoms with Crippen molar-refractivity contribution in [1.82, 2.24) is 0 Å². The fraction of sp³-hybridized carbons (Fsp3) is 0.596. The van der Waals surface area contributed by atoms with Crippen molar-refractivity contribution in [2.45, 2.75) is 187 Å². The van der Waals surface area contributed by atoms with E-state index < -0.39 is 6.10 Å². The minimum absolute atomic E-state index is 0. The Balaban J connectivity index is 0.000000251. The number of rotatable bonds is 18. The second-order valence-electron chi connectivity index (χ2n) is 19.6. The Kier molecular flexibility index (Phi) is 22.0. The molecule has 0 bridgehead atoms. The van der Waals surface area contributed by atoms with Crippen molar-refractivity contribution in [2.24, 2.45) is 23.7 Å². The summed E-state index contributed by atoms with van der Waals surface area (Å²) in [5.74, 6) is 5.48. The standard InChI is InChI=1S/C33H43O4.C24H35O2.Fe/c1-3-4-6-11-25-15-17-26(18-16-25)27-19-21-29(22-20-27)32(34)37-31(28-12-7-5-8-13-28)23-36-33(35)30-14-9-10-24(30)2;1-3-4-5-8-19-10-12-20(13-11-19)21-14-16-22(17-15-21)26-24(25)23-9-6-7-18(23)2;/h5,7-8,12-13,19-22,25-26,30-31H,3-4,6,9-11,14-18,23H2,1-2H3;14-17,19-20,23H,3-13H2,1-2H3;/q2*-1;+2. The number of carbonyl (C=O) groups is 3. The molecule has 0 amide bonds. The molecule has 4 aliphatic rings. The average molecular weight is 915 g/mol. The van der Waals surface area contributed by atoms with Crippen LogP contribution in [0.25, 0.3) is 0 Å². The van der Waals surface area contributed by atoms with Crippen LogP contribution in [0.15, 0.2) is 78.9 Å². The molecule has 0 radical (unpaired) electrons. The fourth-order valence-corrected chi connectivity index (χ4v) is 10.8. The minimum Gasteiger partial charge on any atom is -0.463 e. The van der Waals surface area contributed by atoms with E-state index >= 15 is 0 Å². The van der Waals surface area contributed by atoms with E-state index in [1.54, 1.807) is 0 Å². The van der Waals surface area contributed by atoms with E-state index in [-0.39, 0.29) is 53.4 Å². The van der Waals surface area contributed by atoms with Crippen LogP contribution in [0.1, 0.15) is 214 Å². The number of hydrogen-bond acceptors (Lipinski definition) is 6. The Morgan fingerprint density at radius 1 is 0.594 bits per heavy atom. The van der Waals surface area contributed by atoms with Crippen LogP contribution in [0.2, 0.25) is 0 Å². The van der Waals surface area contributed by atoms with E-state index in [9.17, 15) is 14.4 Å². The second-order valence-corrected chi connectivity index (χ2v) is 19.6. The van der Waals surface area contributed by atoms with Crippen LogP contribution in [0.4, 0.5) is 0 Å². The van der Waals surface area contributed by atoms with Crippen LogP contribution in [-0.2, 0) is 36.1 Å².